The van der Waals surface area contributed by atoms with Gasteiger partial charge in [-0.25, -0.2) is 10.8 Å². The Morgan fingerprint density at radius 1 is 1.40 bits per heavy atom. The fourth-order valence-electron chi connectivity index (χ4n) is 2.46. The Morgan fingerprint density at radius 3 is 2.60 bits per heavy atom. The molecule has 1 aromatic rings. The lowest BCUT2D eigenvalue weighted by atomic mass is 9.91. The van der Waals surface area contributed by atoms with Gasteiger partial charge in [-0.3, -0.25) is 10.2 Å². The summed E-state index contributed by atoms with van der Waals surface area (Å²) < 4.78 is 0. The number of amides is 1. The molecule has 112 valence electrons. The van der Waals surface area contributed by atoms with Gasteiger partial charge >= 0.3 is 0 Å². The van der Waals surface area contributed by atoms with Crippen LogP contribution in [0, 0.1) is 0 Å². The predicted octanol–water partition coefficient (Wildman–Crippen LogP) is 1.68. The maximum absolute atomic E-state index is 11.9. The van der Waals surface area contributed by atoms with E-state index in [0.717, 1.165) is 23.7 Å². The van der Waals surface area contributed by atoms with Gasteiger partial charge in [0, 0.05) is 18.4 Å². The molecule has 0 aliphatic carbocycles. The van der Waals surface area contributed by atoms with E-state index < -0.39 is 0 Å². The molecule has 0 spiro atoms. The number of hydrazine groups is 1. The summed E-state index contributed by atoms with van der Waals surface area (Å²) in [6.07, 6.45) is 3.50. The fourth-order valence-corrected chi connectivity index (χ4v) is 3.63. The molecular weight excluding hydrogens is 272 g/mol. The van der Waals surface area contributed by atoms with Gasteiger partial charge in [-0.05, 0) is 25.9 Å². The van der Waals surface area contributed by atoms with Crippen molar-refractivity contribution in [2.24, 2.45) is 5.84 Å². The maximum atomic E-state index is 11.9. The van der Waals surface area contributed by atoms with Crippen molar-refractivity contribution in [2.45, 2.75) is 45.4 Å². The Kier molecular flexibility index (Phi) is 4.78. The molecule has 0 bridgehead atoms. The van der Waals surface area contributed by atoms with Crippen molar-refractivity contribution in [2.75, 3.05) is 19.6 Å². The van der Waals surface area contributed by atoms with Crippen LogP contribution in [0.25, 0.3) is 0 Å². The lowest BCUT2D eigenvalue weighted by molar-refractivity contribution is 0.0955. The number of carbonyl (C=O) groups excluding carboxylic acids is 1. The number of hydrogen-bond acceptors (Lipinski definition) is 5. The molecular formula is C14H24N4OS. The standard InChI is InChI=1S/C14H24N4OS/c1-14(2,3)12-11(13(19)17-15)20-10(16-12)6-9-18-7-4-5-8-18/h4-9,15H2,1-3H3,(H,17,19). The highest BCUT2D eigenvalue weighted by Gasteiger charge is 2.27. The summed E-state index contributed by atoms with van der Waals surface area (Å²) in [5, 5.41) is 1.03. The van der Waals surface area contributed by atoms with E-state index >= 15 is 0 Å². The molecule has 6 heteroatoms. The number of nitrogens with zero attached hydrogens (tertiary/aromatic N) is 2. The molecule has 2 heterocycles. The number of nitrogens with one attached hydrogen (secondary N) is 1. The van der Waals surface area contributed by atoms with Crippen LogP contribution in [0.3, 0.4) is 0 Å². The summed E-state index contributed by atoms with van der Waals surface area (Å²) in [7, 11) is 0. The minimum atomic E-state index is -0.236. The molecule has 0 saturated carbocycles. The molecule has 1 aromatic heterocycles. The number of hydrogen-bond donors (Lipinski definition) is 2. The number of rotatable bonds is 4. The zero-order valence-corrected chi connectivity index (χ0v) is 13.3. The molecule has 0 radical (unpaired) electrons. The van der Waals surface area contributed by atoms with Crippen molar-refractivity contribution < 1.29 is 4.79 Å². The second-order valence-electron chi connectivity index (χ2n) is 6.31. The van der Waals surface area contributed by atoms with E-state index in [1.807, 2.05) is 0 Å². The maximum Gasteiger partial charge on any atom is 0.277 e. The molecule has 0 atom stereocenters. The third kappa shape index (κ3) is 3.56. The van der Waals surface area contributed by atoms with E-state index in [0.29, 0.717) is 4.88 Å². The second kappa shape index (κ2) is 6.20. The molecule has 0 aromatic carbocycles. The number of carbonyl (C=O) groups is 1. The quantitative estimate of drug-likeness (QED) is 0.504. The Morgan fingerprint density at radius 2 is 2.05 bits per heavy atom. The van der Waals surface area contributed by atoms with Crippen LogP contribution in [-0.2, 0) is 11.8 Å². The molecule has 20 heavy (non-hydrogen) atoms. The molecule has 1 amide bonds. The van der Waals surface area contributed by atoms with Crippen molar-refractivity contribution in [1.29, 1.82) is 0 Å². The first-order valence-corrected chi connectivity index (χ1v) is 7.97. The second-order valence-corrected chi connectivity index (χ2v) is 7.39. The smallest absolute Gasteiger partial charge is 0.277 e. The van der Waals surface area contributed by atoms with E-state index in [1.165, 1.54) is 37.3 Å². The van der Waals surface area contributed by atoms with Gasteiger partial charge in [-0.1, -0.05) is 20.8 Å². The van der Waals surface area contributed by atoms with Gasteiger partial charge in [-0.2, -0.15) is 0 Å². The van der Waals surface area contributed by atoms with Crippen molar-refractivity contribution in [1.82, 2.24) is 15.3 Å². The number of nitrogens with two attached hydrogens (primary N) is 1. The van der Waals surface area contributed by atoms with Crippen LogP contribution in [0.4, 0.5) is 0 Å². The lowest BCUT2D eigenvalue weighted by Crippen LogP contribution is -2.31. The Bertz CT molecular complexity index is 472. The van der Waals surface area contributed by atoms with Crippen molar-refractivity contribution in [3.8, 4) is 0 Å². The molecule has 0 unspecified atom stereocenters. The highest BCUT2D eigenvalue weighted by Crippen LogP contribution is 2.30. The van der Waals surface area contributed by atoms with Crippen molar-refractivity contribution in [3.63, 3.8) is 0 Å². The molecule has 5 nitrogen and oxygen atoms in total. The van der Waals surface area contributed by atoms with Gasteiger partial charge in [0.15, 0.2) is 0 Å². The van der Waals surface area contributed by atoms with Crippen molar-refractivity contribution >= 4 is 17.2 Å². The summed E-state index contributed by atoms with van der Waals surface area (Å²) in [6.45, 7) is 9.61. The lowest BCUT2D eigenvalue weighted by Gasteiger charge is -2.17. The van der Waals surface area contributed by atoms with Gasteiger partial charge in [0.25, 0.3) is 5.91 Å². The molecule has 1 fully saturated rings. The van der Waals surface area contributed by atoms with Crippen LogP contribution in [0.1, 0.15) is 54.0 Å². The normalized spacial score (nSPS) is 16.6. The summed E-state index contributed by atoms with van der Waals surface area (Å²) in [5.41, 5.74) is 2.93. The summed E-state index contributed by atoms with van der Waals surface area (Å²) in [6, 6.07) is 0. The number of likely N-dealkylation sites (tertiary alicyclic amines) is 1. The largest absolute Gasteiger partial charge is 0.303 e. The Balaban J connectivity index is 2.13. The highest BCUT2D eigenvalue weighted by atomic mass is 32.1. The van der Waals surface area contributed by atoms with Gasteiger partial charge in [0.1, 0.15) is 4.88 Å². The fraction of sp³-hybridized carbons (Fsp3) is 0.714. The molecule has 1 aliphatic rings. The van der Waals surface area contributed by atoms with Crippen molar-refractivity contribution in [3.05, 3.63) is 15.6 Å². The number of nitrogen functional groups attached to an aromatic ring is 1. The third-order valence-electron chi connectivity index (χ3n) is 3.56. The molecule has 3 N–H and O–H groups in total. The first-order chi connectivity index (χ1) is 9.41. The summed E-state index contributed by atoms with van der Waals surface area (Å²) >= 11 is 1.47. The van der Waals surface area contributed by atoms with Gasteiger partial charge in [0.2, 0.25) is 0 Å². The van der Waals surface area contributed by atoms with Gasteiger partial charge in [0.05, 0.1) is 10.7 Å². The molecule has 1 aliphatic heterocycles. The summed E-state index contributed by atoms with van der Waals surface area (Å²) in [5.74, 6) is 5.03. The van der Waals surface area contributed by atoms with Crippen LogP contribution < -0.4 is 11.3 Å². The Labute approximate surface area is 124 Å². The van der Waals surface area contributed by atoms with Gasteiger partial charge in [-0.15, -0.1) is 11.3 Å². The molecule has 2 rings (SSSR count). The summed E-state index contributed by atoms with van der Waals surface area (Å²) in [4.78, 5) is 19.7. The van der Waals surface area contributed by atoms with E-state index in [9.17, 15) is 4.79 Å². The van der Waals surface area contributed by atoms with E-state index in [4.69, 9.17) is 5.84 Å². The highest BCUT2D eigenvalue weighted by molar-refractivity contribution is 7.13. The topological polar surface area (TPSA) is 71.2 Å². The number of thiazole rings is 1. The average Bonchev–Trinajstić information content (AvgIpc) is 3.03. The van der Waals surface area contributed by atoms with Gasteiger partial charge < -0.3 is 4.90 Å². The Hall–Kier alpha value is -0.980. The minimum Gasteiger partial charge on any atom is -0.303 e. The monoisotopic (exact) mass is 296 g/mol. The van der Waals surface area contributed by atoms with E-state index in [-0.39, 0.29) is 11.3 Å². The van der Waals surface area contributed by atoms with Crippen LogP contribution >= 0.6 is 11.3 Å². The first-order valence-electron chi connectivity index (χ1n) is 7.15. The average molecular weight is 296 g/mol. The van der Waals surface area contributed by atoms with Crippen LogP contribution in [0.2, 0.25) is 0 Å². The van der Waals surface area contributed by atoms with Crippen LogP contribution in [0.15, 0.2) is 0 Å². The molecule has 1 saturated heterocycles. The number of aromatic nitrogens is 1. The van der Waals surface area contributed by atoms with E-state index in [1.54, 1.807) is 0 Å². The predicted molar refractivity (Wildman–Crippen MR) is 81.8 cm³/mol. The first kappa shape index (κ1) is 15.4. The van der Waals surface area contributed by atoms with E-state index in [2.05, 4.69) is 36.1 Å². The SMILES string of the molecule is CC(C)(C)c1nc(CCN2CCCC2)sc1C(=O)NN. The zero-order chi connectivity index (χ0) is 14.8. The third-order valence-corrected chi connectivity index (χ3v) is 4.67. The minimum absolute atomic E-state index is 0.149. The van der Waals surface area contributed by atoms with Crippen LogP contribution in [-0.4, -0.2) is 35.4 Å². The zero-order valence-electron chi connectivity index (χ0n) is 12.5. The van der Waals surface area contributed by atoms with Crippen LogP contribution in [0.5, 0.6) is 0 Å².